The summed E-state index contributed by atoms with van der Waals surface area (Å²) in [4.78, 5) is 30.5. The number of benzene rings is 2. The number of para-hydroxylation sites is 1. The number of aromatic amines is 1. The minimum atomic E-state index is -0.315. The highest BCUT2D eigenvalue weighted by Gasteiger charge is 2.26. The smallest absolute Gasteiger partial charge is 0.291 e. The molecule has 33 heavy (non-hydrogen) atoms. The first-order valence-corrected chi connectivity index (χ1v) is 11.5. The molecule has 0 unspecified atom stereocenters. The van der Waals surface area contributed by atoms with E-state index in [0.29, 0.717) is 17.2 Å². The van der Waals surface area contributed by atoms with Gasteiger partial charge in [-0.1, -0.05) is 25.1 Å². The Kier molecular flexibility index (Phi) is 5.73. The van der Waals surface area contributed by atoms with Gasteiger partial charge in [-0.25, -0.2) is 0 Å². The maximum Gasteiger partial charge on any atom is 0.291 e. The average Bonchev–Trinajstić information content (AvgIpc) is 3.55. The Morgan fingerprint density at radius 3 is 2.55 bits per heavy atom. The minimum absolute atomic E-state index is 0.0320. The lowest BCUT2D eigenvalue weighted by Gasteiger charge is -2.32. The normalized spacial score (nSPS) is 14.5. The maximum atomic E-state index is 13.0. The van der Waals surface area contributed by atoms with Gasteiger partial charge >= 0.3 is 0 Å². The highest BCUT2D eigenvalue weighted by Crippen LogP contribution is 2.34. The number of aryl methyl sites for hydroxylation is 1. The van der Waals surface area contributed by atoms with Gasteiger partial charge in [-0.2, -0.15) is 0 Å². The third-order valence-corrected chi connectivity index (χ3v) is 6.57. The molecule has 0 spiro atoms. The molecule has 0 atom stereocenters. The third kappa shape index (κ3) is 4.16. The van der Waals surface area contributed by atoms with E-state index in [9.17, 15) is 9.59 Å². The van der Waals surface area contributed by atoms with Crippen LogP contribution in [0.1, 0.15) is 57.7 Å². The van der Waals surface area contributed by atoms with Crippen molar-refractivity contribution in [3.63, 3.8) is 0 Å². The second-order valence-electron chi connectivity index (χ2n) is 8.51. The number of carbonyl (C=O) groups is 2. The molecule has 6 heteroatoms. The highest BCUT2D eigenvalue weighted by molar-refractivity contribution is 6.02. The van der Waals surface area contributed by atoms with Crippen LogP contribution >= 0.6 is 0 Å². The van der Waals surface area contributed by atoms with Crippen molar-refractivity contribution in [2.24, 2.45) is 0 Å². The lowest BCUT2D eigenvalue weighted by atomic mass is 9.88. The van der Waals surface area contributed by atoms with E-state index >= 15 is 0 Å². The van der Waals surface area contributed by atoms with E-state index in [1.54, 1.807) is 36.4 Å². The van der Waals surface area contributed by atoms with Crippen LogP contribution in [-0.2, 0) is 6.42 Å². The molecule has 0 bridgehead atoms. The molecule has 2 aromatic heterocycles. The number of H-pyrrole nitrogens is 1. The molecule has 2 N–H and O–H groups in total. The Balaban J connectivity index is 1.21. The van der Waals surface area contributed by atoms with Gasteiger partial charge in [-0.3, -0.25) is 9.59 Å². The van der Waals surface area contributed by atoms with Gasteiger partial charge in [-0.05, 0) is 72.7 Å². The number of carbonyl (C=O) groups excluding carboxylic acids is 2. The van der Waals surface area contributed by atoms with Crippen LogP contribution in [-0.4, -0.2) is 34.8 Å². The fourth-order valence-electron chi connectivity index (χ4n) is 4.74. The molecule has 6 nitrogen and oxygen atoms in total. The molecule has 168 valence electrons. The summed E-state index contributed by atoms with van der Waals surface area (Å²) in [6, 6.07) is 16.8. The van der Waals surface area contributed by atoms with E-state index in [0.717, 1.165) is 32.4 Å². The zero-order chi connectivity index (χ0) is 22.8. The zero-order valence-electron chi connectivity index (χ0n) is 18.6. The van der Waals surface area contributed by atoms with Crippen LogP contribution in [0.5, 0.6) is 0 Å². The first-order chi connectivity index (χ1) is 16.1. The van der Waals surface area contributed by atoms with E-state index in [1.165, 1.54) is 28.3 Å². The lowest BCUT2D eigenvalue weighted by molar-refractivity contribution is 0.0713. The van der Waals surface area contributed by atoms with Gasteiger partial charge in [0.2, 0.25) is 0 Å². The first-order valence-electron chi connectivity index (χ1n) is 11.5. The predicted octanol–water partition coefficient (Wildman–Crippen LogP) is 5.60. The van der Waals surface area contributed by atoms with E-state index in [4.69, 9.17) is 4.42 Å². The molecule has 1 aliphatic rings. The van der Waals surface area contributed by atoms with Crippen molar-refractivity contribution in [1.29, 1.82) is 0 Å². The van der Waals surface area contributed by atoms with Crippen molar-refractivity contribution in [2.75, 3.05) is 18.4 Å². The van der Waals surface area contributed by atoms with Crippen molar-refractivity contribution >= 4 is 28.4 Å². The number of amides is 2. The maximum absolute atomic E-state index is 13.0. The Bertz CT molecular complexity index is 1260. The summed E-state index contributed by atoms with van der Waals surface area (Å²) in [6.07, 6.45) is 6.52. The number of nitrogens with zero attached hydrogens (tertiary/aromatic N) is 1. The van der Waals surface area contributed by atoms with Gasteiger partial charge in [0.05, 0.1) is 6.26 Å². The number of hydrogen-bond donors (Lipinski definition) is 2. The summed E-state index contributed by atoms with van der Waals surface area (Å²) >= 11 is 0. The summed E-state index contributed by atoms with van der Waals surface area (Å²) in [7, 11) is 0. The van der Waals surface area contributed by atoms with Crippen LogP contribution in [0, 0.1) is 0 Å². The summed E-state index contributed by atoms with van der Waals surface area (Å²) < 4.78 is 5.10. The quantitative estimate of drug-likeness (QED) is 0.423. The van der Waals surface area contributed by atoms with Crippen LogP contribution in [0.4, 0.5) is 5.69 Å². The van der Waals surface area contributed by atoms with Crippen molar-refractivity contribution in [3.8, 4) is 0 Å². The molecule has 0 saturated carbocycles. The summed E-state index contributed by atoms with van der Waals surface area (Å²) in [5.74, 6) is 0.419. The van der Waals surface area contributed by atoms with Gasteiger partial charge < -0.3 is 19.6 Å². The van der Waals surface area contributed by atoms with Gasteiger partial charge in [0.15, 0.2) is 5.76 Å². The van der Waals surface area contributed by atoms with Crippen molar-refractivity contribution in [2.45, 2.75) is 32.1 Å². The largest absolute Gasteiger partial charge is 0.459 e. The molecule has 0 radical (unpaired) electrons. The van der Waals surface area contributed by atoms with E-state index in [-0.39, 0.29) is 17.6 Å². The Labute approximate surface area is 192 Å². The number of hydrogen-bond acceptors (Lipinski definition) is 3. The van der Waals surface area contributed by atoms with Gasteiger partial charge in [0.25, 0.3) is 11.8 Å². The van der Waals surface area contributed by atoms with Crippen LogP contribution in [0.25, 0.3) is 10.9 Å². The number of likely N-dealkylation sites (tertiary alicyclic amines) is 1. The molecule has 2 amide bonds. The molecular weight excluding hydrogens is 414 g/mol. The van der Waals surface area contributed by atoms with E-state index in [2.05, 4.69) is 41.6 Å². The Morgan fingerprint density at radius 1 is 1.06 bits per heavy atom. The molecular formula is C27H27N3O3. The molecule has 0 aliphatic carbocycles. The zero-order valence-corrected chi connectivity index (χ0v) is 18.6. The molecule has 2 aromatic carbocycles. The number of piperidine rings is 1. The number of furan rings is 1. The van der Waals surface area contributed by atoms with Crippen molar-refractivity contribution in [1.82, 2.24) is 9.88 Å². The standard InChI is InChI=1S/C27H27N3O3/c1-2-18-5-3-6-22-23(17-28-25(18)22)19-12-14-30(15-13-19)27(32)20-8-10-21(11-9-20)29-26(31)24-7-4-16-33-24/h3-11,16-17,19,28H,2,12-15H2,1H3,(H,29,31). The fourth-order valence-corrected chi connectivity index (χ4v) is 4.74. The minimum Gasteiger partial charge on any atom is -0.459 e. The monoisotopic (exact) mass is 441 g/mol. The number of nitrogens with one attached hydrogen (secondary N) is 2. The van der Waals surface area contributed by atoms with Crippen LogP contribution in [0.2, 0.25) is 0 Å². The number of fused-ring (bicyclic) bond motifs is 1. The first kappa shape index (κ1) is 21.1. The molecule has 5 rings (SSSR count). The van der Waals surface area contributed by atoms with Gasteiger partial charge in [0, 0.05) is 41.4 Å². The predicted molar refractivity (Wildman–Crippen MR) is 129 cm³/mol. The lowest BCUT2D eigenvalue weighted by Crippen LogP contribution is -2.37. The summed E-state index contributed by atoms with van der Waals surface area (Å²) in [6.45, 7) is 3.65. The SMILES string of the molecule is CCc1cccc2c(C3CCN(C(=O)c4ccc(NC(=O)c5ccco5)cc4)CC3)c[nH]c12. The fraction of sp³-hybridized carbons (Fsp3) is 0.259. The van der Waals surface area contributed by atoms with Gasteiger partial charge in [-0.15, -0.1) is 0 Å². The molecule has 1 aliphatic heterocycles. The third-order valence-electron chi connectivity index (χ3n) is 6.57. The van der Waals surface area contributed by atoms with Crippen LogP contribution in [0.15, 0.2) is 71.5 Å². The number of aromatic nitrogens is 1. The second kappa shape index (κ2) is 8.98. The van der Waals surface area contributed by atoms with Crippen LogP contribution in [0.3, 0.4) is 0 Å². The number of anilines is 1. The topological polar surface area (TPSA) is 78.3 Å². The summed E-state index contributed by atoms with van der Waals surface area (Å²) in [5.41, 5.74) is 5.20. The van der Waals surface area contributed by atoms with E-state index < -0.39 is 0 Å². The summed E-state index contributed by atoms with van der Waals surface area (Å²) in [5, 5.41) is 4.08. The average molecular weight is 442 g/mol. The molecule has 1 fully saturated rings. The van der Waals surface area contributed by atoms with Crippen molar-refractivity contribution < 1.29 is 14.0 Å². The molecule has 3 heterocycles. The van der Waals surface area contributed by atoms with Crippen LogP contribution < -0.4 is 5.32 Å². The second-order valence-corrected chi connectivity index (χ2v) is 8.51. The van der Waals surface area contributed by atoms with Crippen molar-refractivity contribution in [3.05, 3.63) is 89.5 Å². The van der Waals surface area contributed by atoms with E-state index in [1.807, 2.05) is 4.90 Å². The number of rotatable bonds is 5. The Hall–Kier alpha value is -3.80. The highest BCUT2D eigenvalue weighted by atomic mass is 16.3. The molecule has 1 saturated heterocycles. The Morgan fingerprint density at radius 2 is 1.85 bits per heavy atom. The van der Waals surface area contributed by atoms with Gasteiger partial charge in [0.1, 0.15) is 0 Å². The molecule has 4 aromatic rings.